The Labute approximate surface area is 198 Å². The summed E-state index contributed by atoms with van der Waals surface area (Å²) in [5, 5.41) is 2.72. The second-order valence-corrected chi connectivity index (χ2v) is 11.0. The van der Waals surface area contributed by atoms with E-state index in [0.29, 0.717) is 5.56 Å². The van der Waals surface area contributed by atoms with Crippen LogP contribution in [0.4, 0.5) is 8.78 Å². The van der Waals surface area contributed by atoms with E-state index in [2.05, 4.69) is 26.1 Å². The van der Waals surface area contributed by atoms with Gasteiger partial charge in [-0.15, -0.1) is 0 Å². The van der Waals surface area contributed by atoms with E-state index < -0.39 is 26.6 Å². The van der Waals surface area contributed by atoms with Crippen molar-refractivity contribution in [1.29, 1.82) is 0 Å². The topological polar surface area (TPSA) is 86.8 Å². The highest BCUT2D eigenvalue weighted by molar-refractivity contribution is 7.89. The van der Waals surface area contributed by atoms with Gasteiger partial charge in [-0.1, -0.05) is 39.0 Å². The van der Waals surface area contributed by atoms with Gasteiger partial charge in [-0.25, -0.2) is 17.2 Å². The quantitative estimate of drug-likeness (QED) is 0.671. The van der Waals surface area contributed by atoms with Crippen molar-refractivity contribution in [2.75, 3.05) is 32.7 Å². The maximum Gasteiger partial charge on any atom is 0.251 e. The molecule has 1 aliphatic rings. The Morgan fingerprint density at radius 1 is 0.941 bits per heavy atom. The van der Waals surface area contributed by atoms with Crippen LogP contribution in [0, 0.1) is 11.6 Å². The summed E-state index contributed by atoms with van der Waals surface area (Å²) < 4.78 is 54.2. The molecule has 0 bridgehead atoms. The number of piperazine rings is 1. The number of sulfonamides is 1. The molecule has 2 aromatic carbocycles. The molecule has 0 spiro atoms. The van der Waals surface area contributed by atoms with Gasteiger partial charge in [0.15, 0.2) is 4.90 Å². The maximum absolute atomic E-state index is 14.0. The summed E-state index contributed by atoms with van der Waals surface area (Å²) in [6, 6.07) is 10.2. The molecular formula is C24H29F2N3O4S. The van der Waals surface area contributed by atoms with Crippen LogP contribution in [0.2, 0.25) is 0 Å². The average Bonchev–Trinajstić information content (AvgIpc) is 2.78. The number of benzene rings is 2. The molecule has 0 unspecified atom stereocenters. The van der Waals surface area contributed by atoms with Crippen LogP contribution in [0.3, 0.4) is 0 Å². The molecule has 0 atom stereocenters. The number of carbonyl (C=O) groups is 2. The zero-order valence-corrected chi connectivity index (χ0v) is 20.3. The first-order chi connectivity index (χ1) is 15.9. The summed E-state index contributed by atoms with van der Waals surface area (Å²) in [5.41, 5.74) is 1.59. The summed E-state index contributed by atoms with van der Waals surface area (Å²) >= 11 is 0. The van der Waals surface area contributed by atoms with E-state index in [1.165, 1.54) is 4.90 Å². The normalized spacial score (nSPS) is 15.3. The van der Waals surface area contributed by atoms with E-state index in [-0.39, 0.29) is 56.4 Å². The fourth-order valence-electron chi connectivity index (χ4n) is 3.70. The highest BCUT2D eigenvalue weighted by Gasteiger charge is 2.34. The SMILES string of the molecule is CC(C)(C)c1ccc(C(=O)NCCC(=O)N2CCN(S(=O)(=O)c3c(F)cccc3F)CC2)cc1. The summed E-state index contributed by atoms with van der Waals surface area (Å²) in [5.74, 6) is -2.82. The van der Waals surface area contributed by atoms with Crippen LogP contribution < -0.4 is 5.32 Å². The fraction of sp³-hybridized carbons (Fsp3) is 0.417. The van der Waals surface area contributed by atoms with Crippen LogP contribution >= 0.6 is 0 Å². The van der Waals surface area contributed by atoms with Gasteiger partial charge in [-0.2, -0.15) is 4.31 Å². The first-order valence-electron chi connectivity index (χ1n) is 11.0. The number of hydrogen-bond acceptors (Lipinski definition) is 4. The number of nitrogens with zero attached hydrogens (tertiary/aromatic N) is 2. The Bertz CT molecular complexity index is 1130. The lowest BCUT2D eigenvalue weighted by molar-refractivity contribution is -0.132. The number of hydrogen-bond donors (Lipinski definition) is 1. The molecule has 184 valence electrons. The van der Waals surface area contributed by atoms with Crippen molar-refractivity contribution in [3.63, 3.8) is 0 Å². The Hall–Kier alpha value is -2.85. The zero-order valence-electron chi connectivity index (χ0n) is 19.5. The maximum atomic E-state index is 14.0. The number of halogens is 2. The molecular weight excluding hydrogens is 464 g/mol. The van der Waals surface area contributed by atoms with Crippen LogP contribution in [-0.2, 0) is 20.2 Å². The number of rotatable bonds is 6. The van der Waals surface area contributed by atoms with Gasteiger partial charge in [-0.3, -0.25) is 9.59 Å². The van der Waals surface area contributed by atoms with Gasteiger partial charge in [0.25, 0.3) is 5.91 Å². The second-order valence-electron chi connectivity index (χ2n) is 9.17. The molecule has 3 rings (SSSR count). The van der Waals surface area contributed by atoms with E-state index in [4.69, 9.17) is 0 Å². The smallest absolute Gasteiger partial charge is 0.251 e. The lowest BCUT2D eigenvalue weighted by atomic mass is 9.87. The summed E-state index contributed by atoms with van der Waals surface area (Å²) in [6.45, 7) is 6.43. The Kier molecular flexibility index (Phi) is 7.72. The van der Waals surface area contributed by atoms with E-state index in [0.717, 1.165) is 28.1 Å². The van der Waals surface area contributed by atoms with Gasteiger partial charge in [0.1, 0.15) is 11.6 Å². The van der Waals surface area contributed by atoms with Crippen molar-refractivity contribution in [3.05, 3.63) is 65.2 Å². The van der Waals surface area contributed by atoms with Crippen molar-refractivity contribution >= 4 is 21.8 Å². The minimum absolute atomic E-state index is 0.0196. The molecule has 0 aliphatic carbocycles. The molecule has 7 nitrogen and oxygen atoms in total. The molecule has 0 aromatic heterocycles. The lowest BCUT2D eigenvalue weighted by Crippen LogP contribution is -2.51. The number of carbonyl (C=O) groups excluding carboxylic acids is 2. The monoisotopic (exact) mass is 493 g/mol. The van der Waals surface area contributed by atoms with Crippen molar-refractivity contribution < 1.29 is 26.8 Å². The third-order valence-electron chi connectivity index (χ3n) is 5.75. The average molecular weight is 494 g/mol. The van der Waals surface area contributed by atoms with E-state index in [1.807, 2.05) is 12.1 Å². The Morgan fingerprint density at radius 2 is 1.50 bits per heavy atom. The summed E-state index contributed by atoms with van der Waals surface area (Å²) in [7, 11) is -4.36. The van der Waals surface area contributed by atoms with E-state index in [9.17, 15) is 26.8 Å². The van der Waals surface area contributed by atoms with Crippen molar-refractivity contribution in [3.8, 4) is 0 Å². The summed E-state index contributed by atoms with van der Waals surface area (Å²) in [4.78, 5) is 25.3. The van der Waals surface area contributed by atoms with Crippen LogP contribution in [0.1, 0.15) is 43.1 Å². The van der Waals surface area contributed by atoms with Gasteiger partial charge in [0.2, 0.25) is 15.9 Å². The van der Waals surface area contributed by atoms with Gasteiger partial charge < -0.3 is 10.2 Å². The molecule has 1 N–H and O–H groups in total. The van der Waals surface area contributed by atoms with Crippen molar-refractivity contribution in [1.82, 2.24) is 14.5 Å². The third-order valence-corrected chi connectivity index (χ3v) is 7.70. The van der Waals surface area contributed by atoms with Crippen LogP contribution in [0.15, 0.2) is 47.4 Å². The molecule has 1 aliphatic heterocycles. The molecule has 0 radical (unpaired) electrons. The van der Waals surface area contributed by atoms with E-state index in [1.54, 1.807) is 12.1 Å². The number of amides is 2. The number of nitrogens with one attached hydrogen (secondary N) is 1. The first kappa shape index (κ1) is 25.8. The molecule has 34 heavy (non-hydrogen) atoms. The van der Waals surface area contributed by atoms with Crippen LogP contribution in [0.5, 0.6) is 0 Å². The standard InChI is InChI=1S/C24H29F2N3O4S/c1-24(2,3)18-9-7-17(8-10-18)23(31)27-12-11-21(30)28-13-15-29(16-14-28)34(32,33)22-19(25)5-4-6-20(22)26/h4-10H,11-16H2,1-3H3,(H,27,31). The molecule has 2 amide bonds. The summed E-state index contributed by atoms with van der Waals surface area (Å²) in [6.07, 6.45) is 0.0561. The van der Waals surface area contributed by atoms with Gasteiger partial charge in [0, 0.05) is 44.7 Å². The van der Waals surface area contributed by atoms with E-state index >= 15 is 0 Å². The van der Waals surface area contributed by atoms with Gasteiger partial charge in [0.05, 0.1) is 0 Å². The minimum Gasteiger partial charge on any atom is -0.352 e. The van der Waals surface area contributed by atoms with Crippen LogP contribution in [0.25, 0.3) is 0 Å². The lowest BCUT2D eigenvalue weighted by Gasteiger charge is -2.34. The Balaban J connectivity index is 1.49. The third kappa shape index (κ3) is 5.79. The van der Waals surface area contributed by atoms with Crippen molar-refractivity contribution in [2.24, 2.45) is 0 Å². The molecule has 1 saturated heterocycles. The largest absolute Gasteiger partial charge is 0.352 e. The first-order valence-corrected chi connectivity index (χ1v) is 12.5. The van der Waals surface area contributed by atoms with Gasteiger partial charge in [-0.05, 0) is 35.2 Å². The minimum atomic E-state index is -4.36. The second kappa shape index (κ2) is 10.2. The van der Waals surface area contributed by atoms with Crippen molar-refractivity contribution in [2.45, 2.75) is 37.5 Å². The Morgan fingerprint density at radius 3 is 2.03 bits per heavy atom. The predicted molar refractivity (Wildman–Crippen MR) is 124 cm³/mol. The van der Waals surface area contributed by atoms with Crippen LogP contribution in [-0.4, -0.2) is 62.2 Å². The highest BCUT2D eigenvalue weighted by Crippen LogP contribution is 2.24. The molecule has 0 saturated carbocycles. The molecule has 1 fully saturated rings. The predicted octanol–water partition coefficient (Wildman–Crippen LogP) is 2.92. The van der Waals surface area contributed by atoms with Gasteiger partial charge >= 0.3 is 0 Å². The molecule has 10 heteroatoms. The fourth-order valence-corrected chi connectivity index (χ4v) is 5.23. The highest BCUT2D eigenvalue weighted by atomic mass is 32.2. The molecule has 1 heterocycles. The molecule has 2 aromatic rings. The zero-order chi connectivity index (χ0) is 25.1.